The van der Waals surface area contributed by atoms with Gasteiger partial charge < -0.3 is 24.3 Å². The molecule has 1 aromatic carbocycles. The molecule has 0 saturated carbocycles. The van der Waals surface area contributed by atoms with E-state index in [-0.39, 0.29) is 0 Å². The molecular weight excluding hydrogens is 270 g/mol. The van der Waals surface area contributed by atoms with Crippen LogP contribution in [-0.4, -0.2) is 47.2 Å². The Morgan fingerprint density at radius 1 is 1.00 bits per heavy atom. The molecule has 0 aliphatic carbocycles. The number of hydrogen-bond donors (Lipinski definition) is 1. The van der Waals surface area contributed by atoms with Gasteiger partial charge in [-0.25, -0.2) is 0 Å². The van der Waals surface area contributed by atoms with Gasteiger partial charge in [0.1, 0.15) is 0 Å². The van der Waals surface area contributed by atoms with Crippen LogP contribution in [0.1, 0.15) is 18.9 Å². The fraction of sp³-hybridized carbons (Fsp3) is 0.625. The molecule has 0 aliphatic rings. The summed E-state index contributed by atoms with van der Waals surface area (Å²) in [4.78, 5) is 0. The molecule has 5 nitrogen and oxygen atoms in total. The highest BCUT2D eigenvalue weighted by Gasteiger charge is 2.10. The molecule has 1 aromatic rings. The number of methoxy groups -OCH3 is 2. The highest BCUT2D eigenvalue weighted by atomic mass is 16.5. The van der Waals surface area contributed by atoms with Crippen molar-refractivity contribution < 1.29 is 18.9 Å². The standard InChI is InChI=1S/C16H27NO4/c1-4-20-15-8-5-7-14(13-17-9-12-19-3)16(15)21-11-6-10-18-2/h5,7-8,17H,4,6,9-13H2,1-3H3. The van der Waals surface area contributed by atoms with Crippen LogP contribution in [0.5, 0.6) is 11.5 Å². The first-order chi connectivity index (χ1) is 10.3. The van der Waals surface area contributed by atoms with Crippen LogP contribution in [0.25, 0.3) is 0 Å². The van der Waals surface area contributed by atoms with E-state index in [1.54, 1.807) is 14.2 Å². The van der Waals surface area contributed by atoms with Crippen molar-refractivity contribution in [3.63, 3.8) is 0 Å². The zero-order valence-corrected chi connectivity index (χ0v) is 13.3. The Balaban J connectivity index is 2.66. The van der Waals surface area contributed by atoms with Crippen LogP contribution in [-0.2, 0) is 16.0 Å². The summed E-state index contributed by atoms with van der Waals surface area (Å²) >= 11 is 0. The van der Waals surface area contributed by atoms with E-state index >= 15 is 0 Å². The fourth-order valence-corrected chi connectivity index (χ4v) is 1.91. The second-order valence-electron chi connectivity index (χ2n) is 4.54. The minimum Gasteiger partial charge on any atom is -0.490 e. The molecule has 0 unspecified atom stereocenters. The Labute approximate surface area is 127 Å². The van der Waals surface area contributed by atoms with Crippen LogP contribution in [0.2, 0.25) is 0 Å². The Kier molecular flexibility index (Phi) is 9.61. The summed E-state index contributed by atoms with van der Waals surface area (Å²) in [7, 11) is 3.39. The Morgan fingerprint density at radius 2 is 1.81 bits per heavy atom. The lowest BCUT2D eigenvalue weighted by atomic mass is 10.2. The quantitative estimate of drug-likeness (QED) is 0.600. The first-order valence-electron chi connectivity index (χ1n) is 7.39. The Bertz CT molecular complexity index is 385. The first-order valence-corrected chi connectivity index (χ1v) is 7.39. The van der Waals surface area contributed by atoms with Crippen LogP contribution >= 0.6 is 0 Å². The van der Waals surface area contributed by atoms with Crippen LogP contribution in [0, 0.1) is 0 Å². The monoisotopic (exact) mass is 297 g/mol. The van der Waals surface area contributed by atoms with E-state index < -0.39 is 0 Å². The molecule has 0 aliphatic heterocycles. The van der Waals surface area contributed by atoms with E-state index in [4.69, 9.17) is 18.9 Å². The summed E-state index contributed by atoms with van der Waals surface area (Å²) in [5.41, 5.74) is 1.09. The second-order valence-corrected chi connectivity index (χ2v) is 4.54. The molecule has 0 aromatic heterocycles. The van der Waals surface area contributed by atoms with E-state index in [9.17, 15) is 0 Å². The summed E-state index contributed by atoms with van der Waals surface area (Å²) in [6.07, 6.45) is 0.855. The zero-order valence-electron chi connectivity index (χ0n) is 13.3. The predicted molar refractivity (Wildman–Crippen MR) is 83.2 cm³/mol. The van der Waals surface area contributed by atoms with Gasteiger partial charge in [-0.1, -0.05) is 12.1 Å². The highest BCUT2D eigenvalue weighted by Crippen LogP contribution is 2.31. The van der Waals surface area contributed by atoms with Gasteiger partial charge in [0.05, 0.1) is 19.8 Å². The van der Waals surface area contributed by atoms with Gasteiger partial charge in [-0.15, -0.1) is 0 Å². The molecular formula is C16H27NO4. The maximum Gasteiger partial charge on any atom is 0.165 e. The molecule has 120 valence electrons. The summed E-state index contributed by atoms with van der Waals surface area (Å²) in [6, 6.07) is 5.97. The van der Waals surface area contributed by atoms with Crippen LogP contribution in [0.3, 0.4) is 0 Å². The van der Waals surface area contributed by atoms with E-state index in [1.807, 2.05) is 25.1 Å². The number of para-hydroxylation sites is 1. The third-order valence-corrected chi connectivity index (χ3v) is 2.90. The third-order valence-electron chi connectivity index (χ3n) is 2.90. The number of benzene rings is 1. The van der Waals surface area contributed by atoms with Gasteiger partial charge in [-0.2, -0.15) is 0 Å². The molecule has 0 fully saturated rings. The number of ether oxygens (including phenoxy) is 4. The zero-order chi connectivity index (χ0) is 15.3. The smallest absolute Gasteiger partial charge is 0.165 e. The van der Waals surface area contributed by atoms with Gasteiger partial charge in [0.25, 0.3) is 0 Å². The lowest BCUT2D eigenvalue weighted by Gasteiger charge is -2.16. The molecule has 0 saturated heterocycles. The largest absolute Gasteiger partial charge is 0.490 e. The van der Waals surface area contributed by atoms with Crippen LogP contribution in [0.4, 0.5) is 0 Å². The molecule has 0 spiro atoms. The van der Waals surface area contributed by atoms with Crippen molar-refractivity contribution in [2.75, 3.05) is 47.2 Å². The number of hydrogen-bond acceptors (Lipinski definition) is 5. The van der Waals surface area contributed by atoms with Gasteiger partial charge in [-0.3, -0.25) is 0 Å². The van der Waals surface area contributed by atoms with Crippen molar-refractivity contribution in [3.05, 3.63) is 23.8 Å². The van der Waals surface area contributed by atoms with Crippen molar-refractivity contribution in [1.82, 2.24) is 5.32 Å². The minimum atomic E-state index is 0.614. The molecule has 0 atom stereocenters. The highest BCUT2D eigenvalue weighted by molar-refractivity contribution is 5.46. The lowest BCUT2D eigenvalue weighted by molar-refractivity contribution is 0.169. The molecule has 21 heavy (non-hydrogen) atoms. The molecule has 5 heteroatoms. The van der Waals surface area contributed by atoms with Gasteiger partial charge in [0, 0.05) is 45.9 Å². The normalized spacial score (nSPS) is 10.6. The fourth-order valence-electron chi connectivity index (χ4n) is 1.91. The van der Waals surface area contributed by atoms with Gasteiger partial charge in [0.2, 0.25) is 0 Å². The van der Waals surface area contributed by atoms with Crippen LogP contribution < -0.4 is 14.8 Å². The maximum absolute atomic E-state index is 5.90. The van der Waals surface area contributed by atoms with Gasteiger partial charge in [-0.05, 0) is 13.0 Å². The Morgan fingerprint density at radius 3 is 2.52 bits per heavy atom. The summed E-state index contributed by atoms with van der Waals surface area (Å²) in [6.45, 7) is 6.12. The average Bonchev–Trinajstić information content (AvgIpc) is 2.50. The van der Waals surface area contributed by atoms with E-state index in [2.05, 4.69) is 5.32 Å². The molecule has 0 bridgehead atoms. The maximum atomic E-state index is 5.90. The molecule has 0 heterocycles. The van der Waals surface area contributed by atoms with Gasteiger partial charge in [0.15, 0.2) is 11.5 Å². The average molecular weight is 297 g/mol. The van der Waals surface area contributed by atoms with Crippen molar-refractivity contribution in [1.29, 1.82) is 0 Å². The van der Waals surface area contributed by atoms with Gasteiger partial charge >= 0.3 is 0 Å². The molecule has 1 N–H and O–H groups in total. The summed E-state index contributed by atoms with van der Waals surface area (Å²) < 4.78 is 21.6. The van der Waals surface area contributed by atoms with E-state index in [1.165, 1.54) is 0 Å². The predicted octanol–water partition coefficient (Wildman–Crippen LogP) is 2.24. The summed E-state index contributed by atoms with van der Waals surface area (Å²) in [5.74, 6) is 1.61. The molecule has 0 radical (unpaired) electrons. The topological polar surface area (TPSA) is 49.0 Å². The Hall–Kier alpha value is -1.30. The van der Waals surface area contributed by atoms with Crippen molar-refractivity contribution in [3.8, 4) is 11.5 Å². The molecule has 0 amide bonds. The number of rotatable bonds is 12. The van der Waals surface area contributed by atoms with Crippen molar-refractivity contribution >= 4 is 0 Å². The van der Waals surface area contributed by atoms with Crippen LogP contribution in [0.15, 0.2) is 18.2 Å². The molecule has 1 rings (SSSR count). The second kappa shape index (κ2) is 11.4. The third kappa shape index (κ3) is 6.80. The minimum absolute atomic E-state index is 0.614. The first kappa shape index (κ1) is 17.8. The van der Waals surface area contributed by atoms with E-state index in [0.717, 1.165) is 36.6 Å². The lowest BCUT2D eigenvalue weighted by Crippen LogP contribution is -2.19. The summed E-state index contributed by atoms with van der Waals surface area (Å²) in [5, 5.41) is 3.33. The SMILES string of the molecule is CCOc1cccc(CNCCOC)c1OCCCOC. The number of nitrogens with one attached hydrogen (secondary N) is 1. The van der Waals surface area contributed by atoms with E-state index in [0.29, 0.717) is 26.4 Å². The van der Waals surface area contributed by atoms with Crippen molar-refractivity contribution in [2.45, 2.75) is 19.9 Å². The van der Waals surface area contributed by atoms with Crippen molar-refractivity contribution in [2.24, 2.45) is 0 Å².